The van der Waals surface area contributed by atoms with Crippen LogP contribution in [0.25, 0.3) is 0 Å². The summed E-state index contributed by atoms with van der Waals surface area (Å²) in [5.74, 6) is -0.437. The maximum atomic E-state index is 6.37. The van der Waals surface area contributed by atoms with Gasteiger partial charge in [-0.3, -0.25) is 0 Å². The number of hydrogen-bond acceptors (Lipinski definition) is 4. The highest BCUT2D eigenvalue weighted by Gasteiger charge is 2.56. The van der Waals surface area contributed by atoms with Crippen molar-refractivity contribution in [3.63, 3.8) is 0 Å². The average Bonchev–Trinajstić information content (AvgIpc) is 2.72. The minimum Gasteiger partial charge on any atom is -0.227 e. The summed E-state index contributed by atoms with van der Waals surface area (Å²) in [5.41, 5.74) is -0.750. The summed E-state index contributed by atoms with van der Waals surface area (Å²) < 4.78 is 0. The van der Waals surface area contributed by atoms with Gasteiger partial charge in [-0.05, 0) is 57.3 Å². The van der Waals surface area contributed by atoms with Crippen molar-refractivity contribution in [1.29, 1.82) is 0 Å². The van der Waals surface area contributed by atoms with Gasteiger partial charge < -0.3 is 0 Å². The van der Waals surface area contributed by atoms with Gasteiger partial charge in [-0.15, -0.1) is 0 Å². The molecular weight excluding hydrogens is 364 g/mol. The summed E-state index contributed by atoms with van der Waals surface area (Å²) in [7, 11) is 0. The molecule has 1 saturated carbocycles. The molecule has 4 nitrogen and oxygen atoms in total. The fourth-order valence-electron chi connectivity index (χ4n) is 4.76. The Balaban J connectivity index is 3.16. The van der Waals surface area contributed by atoms with Crippen LogP contribution in [-0.2, 0) is 19.6 Å². The zero-order valence-electron chi connectivity index (χ0n) is 21.0. The van der Waals surface area contributed by atoms with Crippen LogP contribution in [0.15, 0.2) is 0 Å². The Morgan fingerprint density at radius 2 is 1.17 bits per heavy atom. The van der Waals surface area contributed by atoms with E-state index in [-0.39, 0.29) is 16.6 Å². The van der Waals surface area contributed by atoms with Crippen LogP contribution in [0, 0.1) is 11.3 Å². The quantitative estimate of drug-likeness (QED) is 0.163. The highest BCUT2D eigenvalue weighted by molar-refractivity contribution is 4.94. The van der Waals surface area contributed by atoms with Gasteiger partial charge in [0.05, 0.1) is 0 Å². The predicted octanol–water partition coefficient (Wildman–Crippen LogP) is 8.14. The van der Waals surface area contributed by atoms with Gasteiger partial charge >= 0.3 is 0 Å². The van der Waals surface area contributed by atoms with Gasteiger partial charge in [-0.2, -0.15) is 9.78 Å². The maximum Gasteiger partial charge on any atom is 0.239 e. The molecule has 0 aliphatic heterocycles. The summed E-state index contributed by atoms with van der Waals surface area (Å²) in [6, 6.07) is 0. The maximum absolute atomic E-state index is 6.37. The topological polar surface area (TPSA) is 36.9 Å². The highest BCUT2D eigenvalue weighted by atomic mass is 17.3. The van der Waals surface area contributed by atoms with Crippen molar-refractivity contribution in [2.24, 2.45) is 11.3 Å². The van der Waals surface area contributed by atoms with E-state index in [4.69, 9.17) is 19.6 Å². The molecule has 0 radical (unpaired) electrons. The average molecular weight is 415 g/mol. The molecule has 1 atom stereocenters. The second-order valence-corrected chi connectivity index (χ2v) is 9.88. The molecule has 0 amide bonds. The van der Waals surface area contributed by atoms with Crippen LogP contribution in [0.1, 0.15) is 133 Å². The highest BCUT2D eigenvalue weighted by Crippen LogP contribution is 2.52. The normalized spacial score (nSPS) is 22.0. The molecule has 0 heterocycles. The van der Waals surface area contributed by atoms with Crippen LogP contribution in [0.2, 0.25) is 0 Å². The summed E-state index contributed by atoms with van der Waals surface area (Å²) in [6.07, 6.45) is 10.8. The number of hydrogen-bond donors (Lipinski definition) is 0. The Morgan fingerprint density at radius 1 is 0.759 bits per heavy atom. The first-order chi connectivity index (χ1) is 13.7. The van der Waals surface area contributed by atoms with E-state index in [9.17, 15) is 0 Å². The monoisotopic (exact) mass is 414 g/mol. The summed E-state index contributed by atoms with van der Waals surface area (Å²) in [4.78, 5) is 25.3. The SMILES string of the molecule is CCCC(CC)(CC)OOC1(OOC(CC)(CC)CCC)CCCC(C)C1(C)C. The van der Waals surface area contributed by atoms with Crippen LogP contribution in [-0.4, -0.2) is 17.0 Å². The Bertz CT molecular complexity index is 426. The Kier molecular flexibility index (Phi) is 10.6. The van der Waals surface area contributed by atoms with Gasteiger partial charge in [-0.1, -0.05) is 75.2 Å². The predicted molar refractivity (Wildman–Crippen MR) is 120 cm³/mol. The minimum atomic E-state index is -0.892. The molecule has 0 bridgehead atoms. The van der Waals surface area contributed by atoms with Gasteiger partial charge in [0.25, 0.3) is 0 Å². The molecular formula is C25H50O4. The molecule has 1 aliphatic rings. The molecule has 0 spiro atoms. The van der Waals surface area contributed by atoms with Crippen molar-refractivity contribution in [1.82, 2.24) is 0 Å². The van der Waals surface area contributed by atoms with E-state index in [1.807, 2.05) is 0 Å². The fourth-order valence-corrected chi connectivity index (χ4v) is 4.76. The fraction of sp³-hybridized carbons (Fsp3) is 1.00. The first-order valence-electron chi connectivity index (χ1n) is 12.4. The van der Waals surface area contributed by atoms with Crippen molar-refractivity contribution >= 4 is 0 Å². The molecule has 29 heavy (non-hydrogen) atoms. The van der Waals surface area contributed by atoms with E-state index in [0.29, 0.717) is 5.92 Å². The van der Waals surface area contributed by atoms with Crippen molar-refractivity contribution in [2.45, 2.75) is 150 Å². The zero-order chi connectivity index (χ0) is 22.2. The first-order valence-corrected chi connectivity index (χ1v) is 12.4. The van der Waals surface area contributed by atoms with Crippen LogP contribution in [0.4, 0.5) is 0 Å². The van der Waals surface area contributed by atoms with E-state index in [1.165, 1.54) is 6.42 Å². The lowest BCUT2D eigenvalue weighted by Gasteiger charge is -2.52. The third-order valence-electron chi connectivity index (χ3n) is 8.05. The molecule has 1 unspecified atom stereocenters. The lowest BCUT2D eigenvalue weighted by molar-refractivity contribution is -0.575. The largest absolute Gasteiger partial charge is 0.239 e. The van der Waals surface area contributed by atoms with Gasteiger partial charge in [0.2, 0.25) is 5.79 Å². The van der Waals surface area contributed by atoms with Gasteiger partial charge in [0, 0.05) is 11.8 Å². The minimum absolute atomic E-state index is 0.218. The molecule has 0 aromatic rings. The summed E-state index contributed by atoms with van der Waals surface area (Å²) in [5, 5.41) is 0. The molecule has 4 heteroatoms. The first kappa shape index (κ1) is 26.9. The van der Waals surface area contributed by atoms with Crippen LogP contribution in [0.3, 0.4) is 0 Å². The standard InChI is InChI=1S/C25H50O4/c1-10-18-23(12-3,13-4)26-28-25(20-16-17-21(7)22(25,8)9)29-27-24(14-5,15-6)19-11-2/h21H,10-20H2,1-9H3. The Morgan fingerprint density at radius 3 is 1.52 bits per heavy atom. The lowest BCUT2D eigenvalue weighted by atomic mass is 9.65. The third kappa shape index (κ3) is 5.96. The molecule has 0 aromatic heterocycles. The van der Waals surface area contributed by atoms with E-state index < -0.39 is 5.79 Å². The second-order valence-electron chi connectivity index (χ2n) is 9.88. The zero-order valence-corrected chi connectivity index (χ0v) is 21.0. The van der Waals surface area contributed by atoms with Crippen molar-refractivity contribution in [2.75, 3.05) is 0 Å². The Labute approximate surface area is 181 Å². The third-order valence-corrected chi connectivity index (χ3v) is 8.05. The Hall–Kier alpha value is -0.160. The van der Waals surface area contributed by atoms with E-state index in [0.717, 1.165) is 64.2 Å². The smallest absolute Gasteiger partial charge is 0.227 e. The second kappa shape index (κ2) is 11.5. The molecule has 174 valence electrons. The number of rotatable bonds is 14. The van der Waals surface area contributed by atoms with Crippen LogP contribution < -0.4 is 0 Å². The van der Waals surface area contributed by atoms with Gasteiger partial charge in [0.15, 0.2) is 0 Å². The van der Waals surface area contributed by atoms with Crippen molar-refractivity contribution in [3.05, 3.63) is 0 Å². The van der Waals surface area contributed by atoms with Crippen LogP contribution >= 0.6 is 0 Å². The summed E-state index contributed by atoms with van der Waals surface area (Å²) in [6.45, 7) is 19.9. The van der Waals surface area contributed by atoms with Crippen molar-refractivity contribution in [3.8, 4) is 0 Å². The van der Waals surface area contributed by atoms with E-state index in [1.54, 1.807) is 0 Å². The molecule has 1 aliphatic carbocycles. The molecule has 1 fully saturated rings. The van der Waals surface area contributed by atoms with Gasteiger partial charge in [-0.25, -0.2) is 9.78 Å². The van der Waals surface area contributed by atoms with Gasteiger partial charge in [0.1, 0.15) is 11.2 Å². The molecule has 0 N–H and O–H groups in total. The van der Waals surface area contributed by atoms with Crippen molar-refractivity contribution < 1.29 is 19.6 Å². The molecule has 0 saturated heterocycles. The van der Waals surface area contributed by atoms with E-state index >= 15 is 0 Å². The lowest BCUT2D eigenvalue weighted by Crippen LogP contribution is -2.57. The summed E-state index contributed by atoms with van der Waals surface area (Å²) >= 11 is 0. The van der Waals surface area contributed by atoms with Crippen LogP contribution in [0.5, 0.6) is 0 Å². The van der Waals surface area contributed by atoms with E-state index in [2.05, 4.69) is 62.3 Å². The molecule has 0 aromatic carbocycles. The molecule has 1 rings (SSSR count).